The van der Waals surface area contributed by atoms with Crippen LogP contribution in [0.3, 0.4) is 0 Å². The summed E-state index contributed by atoms with van der Waals surface area (Å²) in [6.07, 6.45) is 2.55. The number of hydrogen-bond acceptors (Lipinski definition) is 3. The Morgan fingerprint density at radius 2 is 2.37 bits per heavy atom. The van der Waals surface area contributed by atoms with Crippen LogP contribution in [0.25, 0.3) is 0 Å². The molecule has 0 saturated carbocycles. The van der Waals surface area contributed by atoms with Crippen molar-refractivity contribution in [3.8, 4) is 0 Å². The van der Waals surface area contributed by atoms with Crippen molar-refractivity contribution in [2.24, 2.45) is 5.41 Å². The van der Waals surface area contributed by atoms with Gasteiger partial charge < -0.3 is 10.1 Å². The van der Waals surface area contributed by atoms with Gasteiger partial charge in [-0.05, 0) is 50.4 Å². The minimum absolute atomic E-state index is 0.0952. The number of hydrogen-bond donors (Lipinski definition) is 1. The molecule has 1 unspecified atom stereocenters. The fourth-order valence-electron chi connectivity index (χ4n) is 2.69. The van der Waals surface area contributed by atoms with Crippen LogP contribution >= 0.6 is 11.6 Å². The van der Waals surface area contributed by atoms with Crippen LogP contribution in [0.4, 0.5) is 0 Å². The number of esters is 1. The quantitative estimate of drug-likeness (QED) is 0.863. The van der Waals surface area contributed by atoms with E-state index in [0.717, 1.165) is 24.9 Å². The molecule has 1 aromatic rings. The fraction of sp³-hybridized carbons (Fsp3) is 0.533. The standard InChI is InChI=1S/C15H20ClNO2/c1-2-19-14(18)15(7-4-8-17-11-15)10-12-5-3-6-13(16)9-12/h3,5-6,9,17H,2,4,7-8,10-11H2,1H3. The molecule has 1 fully saturated rings. The van der Waals surface area contributed by atoms with E-state index in [0.29, 0.717) is 24.6 Å². The number of benzene rings is 1. The second-order valence-electron chi connectivity index (χ2n) is 5.09. The van der Waals surface area contributed by atoms with Gasteiger partial charge in [0.05, 0.1) is 12.0 Å². The molecule has 1 heterocycles. The molecule has 0 aromatic heterocycles. The highest BCUT2D eigenvalue weighted by Crippen LogP contribution is 2.32. The van der Waals surface area contributed by atoms with Gasteiger partial charge in [0.15, 0.2) is 0 Å². The van der Waals surface area contributed by atoms with Crippen molar-refractivity contribution in [3.63, 3.8) is 0 Å². The molecule has 0 spiro atoms. The van der Waals surface area contributed by atoms with E-state index in [2.05, 4.69) is 5.32 Å². The van der Waals surface area contributed by atoms with Gasteiger partial charge in [0.25, 0.3) is 0 Å². The first-order chi connectivity index (χ1) is 9.16. The Morgan fingerprint density at radius 3 is 3.00 bits per heavy atom. The zero-order valence-electron chi connectivity index (χ0n) is 11.2. The minimum atomic E-state index is -0.445. The molecule has 0 amide bonds. The average molecular weight is 282 g/mol. The highest BCUT2D eigenvalue weighted by Gasteiger charge is 2.41. The van der Waals surface area contributed by atoms with Gasteiger partial charge in [0, 0.05) is 11.6 Å². The molecule has 1 aliphatic rings. The number of rotatable bonds is 4. The maximum atomic E-state index is 12.3. The molecule has 1 atom stereocenters. The van der Waals surface area contributed by atoms with Gasteiger partial charge in [-0.1, -0.05) is 23.7 Å². The zero-order valence-corrected chi connectivity index (χ0v) is 12.0. The Kier molecular flexibility index (Phi) is 4.83. The largest absolute Gasteiger partial charge is 0.466 e. The highest BCUT2D eigenvalue weighted by atomic mass is 35.5. The summed E-state index contributed by atoms with van der Waals surface area (Å²) in [4.78, 5) is 12.3. The Balaban J connectivity index is 2.20. The van der Waals surface area contributed by atoms with Crippen LogP contribution in [-0.4, -0.2) is 25.7 Å². The summed E-state index contributed by atoms with van der Waals surface area (Å²) in [5.74, 6) is -0.0952. The Labute approximate surface area is 119 Å². The van der Waals surface area contributed by atoms with Gasteiger partial charge in [0.1, 0.15) is 0 Å². The molecular formula is C15H20ClNO2. The molecule has 104 valence electrons. The van der Waals surface area contributed by atoms with Crippen LogP contribution in [0.5, 0.6) is 0 Å². The fourth-order valence-corrected chi connectivity index (χ4v) is 2.90. The van der Waals surface area contributed by atoms with Crippen molar-refractivity contribution in [1.82, 2.24) is 5.32 Å². The maximum Gasteiger partial charge on any atom is 0.313 e. The Hall–Kier alpha value is -1.06. The summed E-state index contributed by atoms with van der Waals surface area (Å²) in [5, 5.41) is 4.02. The molecule has 1 saturated heterocycles. The molecule has 0 radical (unpaired) electrons. The van der Waals surface area contributed by atoms with E-state index in [4.69, 9.17) is 16.3 Å². The van der Waals surface area contributed by atoms with Gasteiger partial charge in [-0.3, -0.25) is 4.79 Å². The van der Waals surface area contributed by atoms with Crippen molar-refractivity contribution in [2.75, 3.05) is 19.7 Å². The monoisotopic (exact) mass is 281 g/mol. The molecule has 19 heavy (non-hydrogen) atoms. The second-order valence-corrected chi connectivity index (χ2v) is 5.52. The SMILES string of the molecule is CCOC(=O)C1(Cc2cccc(Cl)c2)CCCNC1. The van der Waals surface area contributed by atoms with E-state index in [1.54, 1.807) is 0 Å². The van der Waals surface area contributed by atoms with E-state index in [1.165, 1.54) is 0 Å². The summed E-state index contributed by atoms with van der Waals surface area (Å²) in [6, 6.07) is 7.71. The lowest BCUT2D eigenvalue weighted by Gasteiger charge is -2.35. The van der Waals surface area contributed by atoms with E-state index < -0.39 is 5.41 Å². The topological polar surface area (TPSA) is 38.3 Å². The first-order valence-electron chi connectivity index (χ1n) is 6.79. The van der Waals surface area contributed by atoms with Crippen molar-refractivity contribution in [3.05, 3.63) is 34.9 Å². The predicted octanol–water partition coefficient (Wildman–Crippen LogP) is 2.82. The number of ether oxygens (including phenoxy) is 1. The first kappa shape index (κ1) is 14.4. The first-order valence-corrected chi connectivity index (χ1v) is 7.16. The van der Waals surface area contributed by atoms with Gasteiger partial charge >= 0.3 is 5.97 Å². The average Bonchev–Trinajstić information content (AvgIpc) is 2.40. The number of carbonyl (C=O) groups is 1. The lowest BCUT2D eigenvalue weighted by Crippen LogP contribution is -2.47. The summed E-state index contributed by atoms with van der Waals surface area (Å²) in [7, 11) is 0. The van der Waals surface area contributed by atoms with Crippen molar-refractivity contribution in [2.45, 2.75) is 26.2 Å². The molecule has 3 nitrogen and oxygen atoms in total. The van der Waals surface area contributed by atoms with E-state index >= 15 is 0 Å². The second kappa shape index (κ2) is 6.40. The number of carbonyl (C=O) groups excluding carboxylic acids is 1. The number of halogens is 1. The molecule has 1 N–H and O–H groups in total. The predicted molar refractivity (Wildman–Crippen MR) is 76.3 cm³/mol. The van der Waals surface area contributed by atoms with E-state index in [-0.39, 0.29) is 5.97 Å². The molecular weight excluding hydrogens is 262 g/mol. The van der Waals surface area contributed by atoms with E-state index in [9.17, 15) is 4.79 Å². The van der Waals surface area contributed by atoms with Crippen LogP contribution in [0.15, 0.2) is 24.3 Å². The van der Waals surface area contributed by atoms with Crippen molar-refractivity contribution < 1.29 is 9.53 Å². The number of nitrogens with one attached hydrogen (secondary N) is 1. The lowest BCUT2D eigenvalue weighted by atomic mass is 9.76. The summed E-state index contributed by atoms with van der Waals surface area (Å²) >= 11 is 6.02. The van der Waals surface area contributed by atoms with Crippen LogP contribution in [0, 0.1) is 5.41 Å². The smallest absolute Gasteiger partial charge is 0.313 e. The van der Waals surface area contributed by atoms with Gasteiger partial charge in [-0.25, -0.2) is 0 Å². The minimum Gasteiger partial charge on any atom is -0.466 e. The normalized spacial score (nSPS) is 23.1. The third-order valence-corrected chi connectivity index (χ3v) is 3.85. The van der Waals surface area contributed by atoms with Gasteiger partial charge in [-0.15, -0.1) is 0 Å². The van der Waals surface area contributed by atoms with Crippen molar-refractivity contribution in [1.29, 1.82) is 0 Å². The molecule has 0 bridgehead atoms. The van der Waals surface area contributed by atoms with E-state index in [1.807, 2.05) is 31.2 Å². The maximum absolute atomic E-state index is 12.3. The summed E-state index contributed by atoms with van der Waals surface area (Å²) in [5.41, 5.74) is 0.642. The number of piperidine rings is 1. The third-order valence-electron chi connectivity index (χ3n) is 3.61. The Morgan fingerprint density at radius 1 is 1.53 bits per heavy atom. The molecule has 0 aliphatic carbocycles. The summed E-state index contributed by atoms with van der Waals surface area (Å²) in [6.45, 7) is 3.92. The van der Waals surface area contributed by atoms with Crippen LogP contribution in [0.2, 0.25) is 5.02 Å². The van der Waals surface area contributed by atoms with Crippen LogP contribution < -0.4 is 5.32 Å². The lowest BCUT2D eigenvalue weighted by molar-refractivity contribution is -0.156. The molecule has 1 aliphatic heterocycles. The van der Waals surface area contributed by atoms with Gasteiger partial charge in [0.2, 0.25) is 0 Å². The Bertz CT molecular complexity index is 442. The summed E-state index contributed by atoms with van der Waals surface area (Å²) < 4.78 is 5.28. The van der Waals surface area contributed by atoms with Crippen molar-refractivity contribution >= 4 is 17.6 Å². The molecule has 2 rings (SSSR count). The molecule has 4 heteroatoms. The van der Waals surface area contributed by atoms with Crippen LogP contribution in [0.1, 0.15) is 25.3 Å². The van der Waals surface area contributed by atoms with Gasteiger partial charge in [-0.2, -0.15) is 0 Å². The highest BCUT2D eigenvalue weighted by molar-refractivity contribution is 6.30. The van der Waals surface area contributed by atoms with Crippen LogP contribution in [-0.2, 0) is 16.0 Å². The third kappa shape index (κ3) is 3.48. The zero-order chi connectivity index (χ0) is 13.7. The molecule has 1 aromatic carbocycles.